The van der Waals surface area contributed by atoms with Gasteiger partial charge >= 0.3 is 32.8 Å². The Labute approximate surface area is 449 Å². The number of hydrogen-bond donors (Lipinski definition) is 0. The summed E-state index contributed by atoms with van der Waals surface area (Å²) in [4.78, 5) is 4.87. The van der Waals surface area contributed by atoms with Crippen LogP contribution in [0.2, 0.25) is 0 Å². The fraction of sp³-hybridized carbons (Fsp3) is 0.179. The van der Waals surface area contributed by atoms with Crippen molar-refractivity contribution in [2.75, 3.05) is 0 Å². The molecule has 0 spiro atoms. The van der Waals surface area contributed by atoms with E-state index in [9.17, 15) is 5.26 Å². The Kier molecular flexibility index (Phi) is 12.9. The summed E-state index contributed by atoms with van der Waals surface area (Å²) in [5.41, 5.74) is 16.2. The topological polar surface area (TPSA) is 56.9 Å². The van der Waals surface area contributed by atoms with Gasteiger partial charge in [0.25, 0.3) is 5.69 Å². The molecule has 8 aromatic carbocycles. The van der Waals surface area contributed by atoms with Crippen molar-refractivity contribution < 1.29 is 25.8 Å². The van der Waals surface area contributed by atoms with Crippen molar-refractivity contribution in [3.05, 3.63) is 217 Å². The van der Waals surface area contributed by atoms with E-state index < -0.39 is 0 Å². The van der Waals surface area contributed by atoms with Crippen molar-refractivity contribution in [3.63, 3.8) is 0 Å². The monoisotopic (exact) mass is 1140 g/mol. The minimum Gasteiger partial charge on any atom is -0.509 e. The van der Waals surface area contributed by atoms with Gasteiger partial charge in [-0.3, -0.25) is 0 Å². The second kappa shape index (κ2) is 19.2. The number of hydrogen-bond acceptors (Lipinski definition) is 3. The molecule has 364 valence electrons. The number of benzene rings is 8. The number of nitriles is 1. The fourth-order valence-corrected chi connectivity index (χ4v) is 9.93. The van der Waals surface area contributed by atoms with E-state index in [2.05, 4.69) is 234 Å². The van der Waals surface area contributed by atoms with Gasteiger partial charge in [0.05, 0.1) is 17.2 Å². The second-order valence-corrected chi connectivity index (χ2v) is 22.1. The summed E-state index contributed by atoms with van der Waals surface area (Å²) in [6.45, 7) is 20.3. The largest absolute Gasteiger partial charge is 2.00 e. The molecule has 74 heavy (non-hydrogen) atoms. The molecule has 10 aromatic rings. The molecule has 0 N–H and O–H groups in total. The molecule has 0 aliphatic carbocycles. The maximum absolute atomic E-state index is 9.90. The third-order valence-corrected chi connectivity index (χ3v) is 13.9. The number of rotatable bonds is 8. The van der Waals surface area contributed by atoms with Crippen LogP contribution in [0.15, 0.2) is 182 Å². The minimum absolute atomic E-state index is 0. The van der Waals surface area contributed by atoms with Gasteiger partial charge in [0.1, 0.15) is 11.5 Å². The van der Waals surface area contributed by atoms with E-state index in [0.717, 1.165) is 89.3 Å². The number of aromatic nitrogens is 2. The first kappa shape index (κ1) is 49.6. The van der Waals surface area contributed by atoms with Gasteiger partial charge in [0.2, 0.25) is 5.69 Å². The standard InChI is InChI=1S/C67H57N5O.Pt/c1-65(2,3)47-33-34-69-62(39-47)72-59-32-29-44(42-68)35-58(59)56-31-30-53(41-61(56)72)73-52-24-16-23-50(40-52)70-43-71(51-37-48(66(4,5)6)36-49(38-51)67(7,8)9)64-57(27-18-28-60(64)70)63-54(45-19-12-10-13-20-45)25-17-26-55(63)46-21-14-11-15-22-46;/h10-39H,1-9H3;/q;+2. The van der Waals surface area contributed by atoms with Crippen LogP contribution in [0.25, 0.3) is 61.0 Å². The van der Waals surface area contributed by atoms with E-state index in [4.69, 9.17) is 9.72 Å². The Morgan fingerprint density at radius 2 is 1.16 bits per heavy atom. The second-order valence-electron chi connectivity index (χ2n) is 22.1. The summed E-state index contributed by atoms with van der Waals surface area (Å²) in [5.74, 6) is 1.82. The van der Waals surface area contributed by atoms with E-state index in [-0.39, 0.29) is 37.3 Å². The summed E-state index contributed by atoms with van der Waals surface area (Å²) in [6.07, 6.45) is 1.86. The third kappa shape index (κ3) is 9.24. The normalized spacial score (nSPS) is 12.5. The minimum atomic E-state index is -0.113. The molecule has 0 saturated heterocycles. The molecule has 7 heteroatoms. The van der Waals surface area contributed by atoms with Gasteiger partial charge in [-0.05, 0) is 102 Å². The first-order valence-electron chi connectivity index (χ1n) is 25.0. The van der Waals surface area contributed by atoms with Crippen molar-refractivity contribution in [3.8, 4) is 56.8 Å². The van der Waals surface area contributed by atoms with Crippen molar-refractivity contribution in [1.82, 2.24) is 18.7 Å². The fourth-order valence-electron chi connectivity index (χ4n) is 9.93. The van der Waals surface area contributed by atoms with Crippen LogP contribution < -0.4 is 13.9 Å². The molecule has 0 atom stereocenters. The molecular weight excluding hydrogens is 1090 g/mol. The summed E-state index contributed by atoms with van der Waals surface area (Å²) in [5, 5.41) is 11.8. The Hall–Kier alpha value is -7.93. The molecule has 0 unspecified atom stereocenters. The van der Waals surface area contributed by atoms with E-state index in [1.54, 1.807) is 0 Å². The Balaban J connectivity index is 0.00000626. The first-order chi connectivity index (χ1) is 35.0. The molecule has 0 amide bonds. The van der Waals surface area contributed by atoms with Gasteiger partial charge in [-0.1, -0.05) is 176 Å². The van der Waals surface area contributed by atoms with Crippen molar-refractivity contribution >= 4 is 50.6 Å². The number of para-hydroxylation sites is 1. The third-order valence-electron chi connectivity index (χ3n) is 13.9. The van der Waals surface area contributed by atoms with Gasteiger partial charge in [-0.15, -0.1) is 23.6 Å². The van der Waals surface area contributed by atoms with Crippen molar-refractivity contribution in [2.45, 2.75) is 78.6 Å². The van der Waals surface area contributed by atoms with Gasteiger partial charge < -0.3 is 9.30 Å². The summed E-state index contributed by atoms with van der Waals surface area (Å²) < 4.78 is 13.2. The SMILES string of the molecule is CC(C)(C)c1cc([N+]2=C=[N+](c3[c-]c(Oc4[c-]c5c(cc4)c4cc(C#N)ccc4n5-c4cc(C(C)(C)C)ccn4)ccc3)c3cccc(-c4c(-c5ccccc5)cccc4-c4ccccc4)c32)cc(C(C)(C)C)c1.[Pt+2]. The maximum Gasteiger partial charge on any atom is 2.00 e. The molecule has 1 aliphatic heterocycles. The molecule has 0 saturated carbocycles. The van der Waals surface area contributed by atoms with Crippen LogP contribution in [0.4, 0.5) is 22.7 Å². The summed E-state index contributed by atoms with van der Waals surface area (Å²) in [6, 6.07) is 75.1. The molecule has 1 aliphatic rings. The van der Waals surface area contributed by atoms with Crippen LogP contribution in [0.5, 0.6) is 11.5 Å². The smallest absolute Gasteiger partial charge is 0.509 e. The van der Waals surface area contributed by atoms with Crippen LogP contribution in [-0.2, 0) is 37.3 Å². The zero-order valence-electron chi connectivity index (χ0n) is 43.3. The summed E-state index contributed by atoms with van der Waals surface area (Å²) in [7, 11) is 0. The predicted molar refractivity (Wildman–Crippen MR) is 301 cm³/mol. The van der Waals surface area contributed by atoms with Crippen LogP contribution in [0, 0.1) is 23.5 Å². The number of pyridine rings is 1. The van der Waals surface area contributed by atoms with E-state index in [0.29, 0.717) is 17.1 Å². The predicted octanol–water partition coefficient (Wildman–Crippen LogP) is 17.2. The van der Waals surface area contributed by atoms with Gasteiger partial charge in [-0.25, -0.2) is 4.98 Å². The average Bonchev–Trinajstić information content (AvgIpc) is 3.94. The maximum atomic E-state index is 9.90. The van der Waals surface area contributed by atoms with E-state index >= 15 is 0 Å². The van der Waals surface area contributed by atoms with Crippen LogP contribution in [0.1, 0.15) is 84.6 Å². The molecule has 0 fully saturated rings. The molecule has 6 nitrogen and oxygen atoms in total. The van der Waals surface area contributed by atoms with Crippen molar-refractivity contribution in [1.29, 1.82) is 5.26 Å². The van der Waals surface area contributed by atoms with E-state index in [1.807, 2.05) is 48.7 Å². The Morgan fingerprint density at radius 1 is 0.554 bits per heavy atom. The van der Waals surface area contributed by atoms with Crippen LogP contribution in [0.3, 0.4) is 0 Å². The number of fused-ring (bicyclic) bond motifs is 4. The number of ether oxygens (including phenoxy) is 1. The molecule has 0 radical (unpaired) electrons. The van der Waals surface area contributed by atoms with Gasteiger partial charge in [0, 0.05) is 47.0 Å². The Bertz CT molecular complexity index is 3840. The quantitative estimate of drug-likeness (QED) is 0.113. The van der Waals surface area contributed by atoms with Crippen LogP contribution >= 0.6 is 0 Å². The van der Waals surface area contributed by atoms with Gasteiger partial charge in [-0.2, -0.15) is 17.4 Å². The molecule has 11 rings (SSSR count). The molecule has 0 bridgehead atoms. The van der Waals surface area contributed by atoms with Crippen LogP contribution in [-0.4, -0.2) is 15.6 Å². The zero-order valence-corrected chi connectivity index (χ0v) is 45.6. The average molecular weight is 1140 g/mol. The van der Waals surface area contributed by atoms with E-state index in [1.165, 1.54) is 11.1 Å². The number of nitrogens with zero attached hydrogens (tertiary/aromatic N) is 5. The Morgan fingerprint density at radius 3 is 1.80 bits per heavy atom. The zero-order chi connectivity index (χ0) is 50.8. The summed E-state index contributed by atoms with van der Waals surface area (Å²) >= 11 is 0. The molecule has 2 aromatic heterocycles. The molecular formula is C67H57N5OPt+2. The van der Waals surface area contributed by atoms with Gasteiger partial charge in [0.15, 0.2) is 0 Å². The molecule has 3 heterocycles. The van der Waals surface area contributed by atoms with Crippen molar-refractivity contribution in [2.24, 2.45) is 0 Å². The first-order valence-corrected chi connectivity index (χ1v) is 25.0.